The standard InChI is InChI=1S/C19H16FN/c20-19-11-10-17(21)13-18(19)16-8-6-15(7-9-16)12-14-4-2-1-3-5-14/h1-11,13H,12,21H2. The van der Waals surface area contributed by atoms with Gasteiger partial charge in [0.2, 0.25) is 0 Å². The van der Waals surface area contributed by atoms with Crippen molar-refractivity contribution in [3.8, 4) is 11.1 Å². The molecule has 0 fully saturated rings. The van der Waals surface area contributed by atoms with Crippen molar-refractivity contribution in [3.05, 3.63) is 89.7 Å². The fourth-order valence-corrected chi connectivity index (χ4v) is 2.40. The molecule has 0 aliphatic rings. The van der Waals surface area contributed by atoms with Crippen molar-refractivity contribution in [2.45, 2.75) is 6.42 Å². The SMILES string of the molecule is Nc1ccc(F)c(-c2ccc(Cc3ccccc3)cc2)c1. The Labute approximate surface area is 123 Å². The van der Waals surface area contributed by atoms with E-state index in [1.54, 1.807) is 12.1 Å². The van der Waals surface area contributed by atoms with Gasteiger partial charge < -0.3 is 5.73 Å². The Hall–Kier alpha value is -2.61. The number of nitrogen functional groups attached to an aromatic ring is 1. The van der Waals surface area contributed by atoms with Crippen LogP contribution in [-0.2, 0) is 6.42 Å². The highest BCUT2D eigenvalue weighted by Gasteiger charge is 2.05. The van der Waals surface area contributed by atoms with Gasteiger partial charge in [-0.1, -0.05) is 54.6 Å². The number of rotatable bonds is 3. The van der Waals surface area contributed by atoms with Gasteiger partial charge in [-0.05, 0) is 41.3 Å². The molecule has 2 N–H and O–H groups in total. The van der Waals surface area contributed by atoms with Gasteiger partial charge in [0.05, 0.1) is 0 Å². The van der Waals surface area contributed by atoms with Crippen LogP contribution in [0.15, 0.2) is 72.8 Å². The lowest BCUT2D eigenvalue weighted by Gasteiger charge is -2.07. The zero-order chi connectivity index (χ0) is 14.7. The zero-order valence-corrected chi connectivity index (χ0v) is 11.6. The number of hydrogen-bond acceptors (Lipinski definition) is 1. The molecular weight excluding hydrogens is 261 g/mol. The fourth-order valence-electron chi connectivity index (χ4n) is 2.40. The van der Waals surface area contributed by atoms with Crippen LogP contribution in [0, 0.1) is 5.82 Å². The summed E-state index contributed by atoms with van der Waals surface area (Å²) in [5, 5.41) is 0. The highest BCUT2D eigenvalue weighted by atomic mass is 19.1. The Balaban J connectivity index is 1.85. The largest absolute Gasteiger partial charge is 0.399 e. The number of anilines is 1. The molecule has 1 nitrogen and oxygen atoms in total. The molecule has 3 aromatic rings. The minimum Gasteiger partial charge on any atom is -0.399 e. The Morgan fingerprint density at radius 3 is 2.14 bits per heavy atom. The van der Waals surface area contributed by atoms with E-state index in [2.05, 4.69) is 12.1 Å². The van der Waals surface area contributed by atoms with Gasteiger partial charge in [-0.2, -0.15) is 0 Å². The van der Waals surface area contributed by atoms with Gasteiger partial charge in [-0.3, -0.25) is 0 Å². The summed E-state index contributed by atoms with van der Waals surface area (Å²) < 4.78 is 13.8. The number of nitrogens with two attached hydrogens (primary N) is 1. The third-order valence-electron chi connectivity index (χ3n) is 3.51. The topological polar surface area (TPSA) is 26.0 Å². The number of benzene rings is 3. The van der Waals surface area contributed by atoms with E-state index in [4.69, 9.17) is 5.73 Å². The van der Waals surface area contributed by atoms with Crippen molar-refractivity contribution >= 4 is 5.69 Å². The summed E-state index contributed by atoms with van der Waals surface area (Å²) in [5.74, 6) is -0.250. The summed E-state index contributed by atoms with van der Waals surface area (Å²) in [4.78, 5) is 0. The highest BCUT2D eigenvalue weighted by Crippen LogP contribution is 2.25. The molecule has 104 valence electrons. The summed E-state index contributed by atoms with van der Waals surface area (Å²) in [6.45, 7) is 0. The lowest BCUT2D eigenvalue weighted by atomic mass is 10.00. The molecule has 21 heavy (non-hydrogen) atoms. The second-order valence-electron chi connectivity index (χ2n) is 5.10. The van der Waals surface area contributed by atoms with Crippen molar-refractivity contribution in [2.24, 2.45) is 0 Å². The van der Waals surface area contributed by atoms with Crippen LogP contribution in [0.4, 0.5) is 10.1 Å². The predicted octanol–water partition coefficient (Wildman–Crippen LogP) is 4.67. The monoisotopic (exact) mass is 277 g/mol. The predicted molar refractivity (Wildman–Crippen MR) is 85.5 cm³/mol. The first-order valence-corrected chi connectivity index (χ1v) is 6.90. The van der Waals surface area contributed by atoms with Crippen molar-refractivity contribution in [1.29, 1.82) is 0 Å². The quantitative estimate of drug-likeness (QED) is 0.692. The molecule has 0 saturated heterocycles. The first-order valence-electron chi connectivity index (χ1n) is 6.90. The van der Waals surface area contributed by atoms with Gasteiger partial charge in [0, 0.05) is 11.3 Å². The van der Waals surface area contributed by atoms with Crippen molar-refractivity contribution in [1.82, 2.24) is 0 Å². The zero-order valence-electron chi connectivity index (χ0n) is 11.6. The third-order valence-corrected chi connectivity index (χ3v) is 3.51. The van der Waals surface area contributed by atoms with E-state index in [0.29, 0.717) is 11.3 Å². The normalized spacial score (nSPS) is 10.5. The smallest absolute Gasteiger partial charge is 0.131 e. The van der Waals surface area contributed by atoms with Crippen molar-refractivity contribution in [3.63, 3.8) is 0 Å². The van der Waals surface area contributed by atoms with Crippen LogP contribution in [0.25, 0.3) is 11.1 Å². The molecule has 2 heteroatoms. The van der Waals surface area contributed by atoms with Crippen LogP contribution in [0.2, 0.25) is 0 Å². The van der Waals surface area contributed by atoms with Crippen molar-refractivity contribution in [2.75, 3.05) is 5.73 Å². The van der Waals surface area contributed by atoms with Crippen LogP contribution >= 0.6 is 0 Å². The van der Waals surface area contributed by atoms with Gasteiger partial charge in [-0.15, -0.1) is 0 Å². The Bertz CT molecular complexity index is 733. The van der Waals surface area contributed by atoms with Crippen LogP contribution in [0.1, 0.15) is 11.1 Å². The Morgan fingerprint density at radius 2 is 1.43 bits per heavy atom. The van der Waals surface area contributed by atoms with Gasteiger partial charge in [0.15, 0.2) is 0 Å². The summed E-state index contributed by atoms with van der Waals surface area (Å²) in [6, 6.07) is 22.9. The third kappa shape index (κ3) is 3.11. The molecule has 0 heterocycles. The number of hydrogen-bond donors (Lipinski definition) is 1. The minimum absolute atomic E-state index is 0.250. The van der Waals surface area contributed by atoms with Gasteiger partial charge in [0.25, 0.3) is 0 Å². The average molecular weight is 277 g/mol. The van der Waals surface area contributed by atoms with E-state index < -0.39 is 0 Å². The van der Waals surface area contributed by atoms with E-state index in [1.165, 1.54) is 17.2 Å². The van der Waals surface area contributed by atoms with Gasteiger partial charge >= 0.3 is 0 Å². The van der Waals surface area contributed by atoms with E-state index >= 15 is 0 Å². The highest BCUT2D eigenvalue weighted by molar-refractivity contribution is 5.68. The molecule has 0 saturated carbocycles. The molecule has 0 bridgehead atoms. The van der Waals surface area contributed by atoms with E-state index in [9.17, 15) is 4.39 Å². The molecule has 0 unspecified atom stereocenters. The van der Waals surface area contributed by atoms with E-state index in [-0.39, 0.29) is 5.82 Å². The minimum atomic E-state index is -0.250. The van der Waals surface area contributed by atoms with Gasteiger partial charge in [0.1, 0.15) is 5.82 Å². The molecule has 0 atom stereocenters. The molecule has 0 amide bonds. The van der Waals surface area contributed by atoms with E-state index in [0.717, 1.165) is 12.0 Å². The van der Waals surface area contributed by atoms with E-state index in [1.807, 2.05) is 42.5 Å². The fraction of sp³-hybridized carbons (Fsp3) is 0.0526. The van der Waals surface area contributed by atoms with Gasteiger partial charge in [-0.25, -0.2) is 4.39 Å². The molecule has 0 aromatic heterocycles. The summed E-state index contributed by atoms with van der Waals surface area (Å²) in [7, 11) is 0. The molecule has 0 aliphatic heterocycles. The second-order valence-corrected chi connectivity index (χ2v) is 5.10. The van der Waals surface area contributed by atoms with Crippen LogP contribution in [0.5, 0.6) is 0 Å². The summed E-state index contributed by atoms with van der Waals surface area (Å²) in [5.41, 5.74) is 10.2. The number of halogens is 1. The maximum absolute atomic E-state index is 13.8. The summed E-state index contributed by atoms with van der Waals surface area (Å²) in [6.07, 6.45) is 0.876. The maximum atomic E-state index is 13.8. The second kappa shape index (κ2) is 5.80. The van der Waals surface area contributed by atoms with Crippen LogP contribution < -0.4 is 5.73 Å². The van der Waals surface area contributed by atoms with Crippen LogP contribution in [-0.4, -0.2) is 0 Å². The molecule has 0 radical (unpaired) electrons. The molecule has 0 aliphatic carbocycles. The molecular formula is C19H16FN. The average Bonchev–Trinajstić information content (AvgIpc) is 2.52. The first-order chi connectivity index (χ1) is 10.2. The summed E-state index contributed by atoms with van der Waals surface area (Å²) >= 11 is 0. The molecule has 3 aromatic carbocycles. The lowest BCUT2D eigenvalue weighted by molar-refractivity contribution is 0.631. The van der Waals surface area contributed by atoms with Crippen LogP contribution in [0.3, 0.4) is 0 Å². The maximum Gasteiger partial charge on any atom is 0.131 e. The first kappa shape index (κ1) is 13.4. The van der Waals surface area contributed by atoms with Crippen molar-refractivity contribution < 1.29 is 4.39 Å². The Kier molecular flexibility index (Phi) is 3.69. The lowest BCUT2D eigenvalue weighted by Crippen LogP contribution is -1.91. The molecule has 0 spiro atoms. The Morgan fingerprint density at radius 1 is 0.762 bits per heavy atom. The molecule has 3 rings (SSSR count).